The normalized spacial score (nSPS) is 21.4. The summed E-state index contributed by atoms with van der Waals surface area (Å²) in [5, 5.41) is 6.14. The summed E-state index contributed by atoms with van der Waals surface area (Å²) >= 11 is 0. The fourth-order valence-electron chi connectivity index (χ4n) is 4.98. The Balaban J connectivity index is 0.000000226. The number of hydrogen-bond acceptors (Lipinski definition) is 4. The Bertz CT molecular complexity index is 1080. The molecule has 5 nitrogen and oxygen atoms in total. The summed E-state index contributed by atoms with van der Waals surface area (Å²) in [6, 6.07) is 8.62. The summed E-state index contributed by atoms with van der Waals surface area (Å²) < 4.78 is 88.2. The first-order chi connectivity index (χ1) is 18.7. The van der Waals surface area contributed by atoms with Gasteiger partial charge in [0.2, 0.25) is 5.91 Å². The zero-order valence-corrected chi connectivity index (χ0v) is 22.7. The Hall–Kier alpha value is -2.70. The van der Waals surface area contributed by atoms with E-state index in [9.17, 15) is 35.5 Å². The molecule has 0 bridgehead atoms. The van der Waals surface area contributed by atoms with Gasteiger partial charge in [0, 0.05) is 51.2 Å². The zero-order valence-electron chi connectivity index (χ0n) is 22.7. The van der Waals surface area contributed by atoms with Crippen molar-refractivity contribution in [2.24, 2.45) is 0 Å². The second kappa shape index (κ2) is 13.3. The van der Waals surface area contributed by atoms with Gasteiger partial charge in [-0.05, 0) is 74.8 Å². The van der Waals surface area contributed by atoms with E-state index in [1.54, 1.807) is 6.92 Å². The molecular formula is C28H35F7N4O. The standard InChI is InChI=1S/C17H24FN3O.C11H11F6N/c1-13(22)20-8-10-21(11-9-20)16-6-7-19-17(12-16)14-2-4-15(18)5-3-14;1-6(18-2)7-3-8(10(12,13)14)5-9(4-7)11(15,16)17/h2-5,16-17,19H,6-12H2,1H3;3-6,18H,1-2H3/t16-,17-;6-/m11/s1. The number of nitrogens with one attached hydrogen (secondary N) is 2. The summed E-state index contributed by atoms with van der Waals surface area (Å²) in [4.78, 5) is 15.8. The van der Waals surface area contributed by atoms with Gasteiger partial charge < -0.3 is 15.5 Å². The molecule has 0 spiro atoms. The van der Waals surface area contributed by atoms with Crippen molar-refractivity contribution in [1.82, 2.24) is 20.4 Å². The SMILES string of the molecule is CC(=O)N1CCN([C@@H]2CCN[C@@H](c3ccc(F)cc3)C2)CC1.CN[C@H](C)c1cc(C(F)(F)F)cc(C(F)(F)F)c1. The summed E-state index contributed by atoms with van der Waals surface area (Å²) in [6.45, 7) is 7.70. The third-order valence-electron chi connectivity index (χ3n) is 7.47. The molecule has 2 aliphatic heterocycles. The zero-order chi connectivity index (χ0) is 29.7. The highest BCUT2D eigenvalue weighted by molar-refractivity contribution is 5.73. The van der Waals surface area contributed by atoms with Crippen molar-refractivity contribution < 1.29 is 35.5 Å². The van der Waals surface area contributed by atoms with Crippen molar-refractivity contribution >= 4 is 5.91 Å². The van der Waals surface area contributed by atoms with Crippen LogP contribution in [0.5, 0.6) is 0 Å². The van der Waals surface area contributed by atoms with Crippen LogP contribution in [-0.4, -0.2) is 61.5 Å². The van der Waals surface area contributed by atoms with E-state index in [-0.39, 0.29) is 23.4 Å². The minimum atomic E-state index is -4.80. The molecule has 2 saturated heterocycles. The van der Waals surface area contributed by atoms with Crippen molar-refractivity contribution in [2.75, 3.05) is 39.8 Å². The number of alkyl halides is 6. The first-order valence-corrected chi connectivity index (χ1v) is 13.1. The smallest absolute Gasteiger partial charge is 0.340 e. The van der Waals surface area contributed by atoms with Crippen LogP contribution in [0.25, 0.3) is 0 Å². The van der Waals surface area contributed by atoms with E-state index in [1.165, 1.54) is 26.1 Å². The second-order valence-corrected chi connectivity index (χ2v) is 10.1. The van der Waals surface area contributed by atoms with Gasteiger partial charge in [0.1, 0.15) is 5.82 Å². The third-order valence-corrected chi connectivity index (χ3v) is 7.47. The Morgan fingerprint density at radius 2 is 1.50 bits per heavy atom. The molecule has 0 unspecified atom stereocenters. The Morgan fingerprint density at radius 1 is 0.950 bits per heavy atom. The van der Waals surface area contributed by atoms with Gasteiger partial charge in [-0.25, -0.2) is 4.39 Å². The van der Waals surface area contributed by atoms with Crippen LogP contribution in [0.1, 0.15) is 61.0 Å². The van der Waals surface area contributed by atoms with Crippen LogP contribution >= 0.6 is 0 Å². The fraction of sp³-hybridized carbons (Fsp3) is 0.536. The van der Waals surface area contributed by atoms with Crippen LogP contribution in [-0.2, 0) is 17.1 Å². The number of carbonyl (C=O) groups excluding carboxylic acids is 1. The molecular weight excluding hydrogens is 541 g/mol. The number of carbonyl (C=O) groups is 1. The monoisotopic (exact) mass is 576 g/mol. The number of hydrogen-bond donors (Lipinski definition) is 2. The van der Waals surface area contributed by atoms with Crippen LogP contribution in [0.2, 0.25) is 0 Å². The van der Waals surface area contributed by atoms with Crippen LogP contribution < -0.4 is 10.6 Å². The van der Waals surface area contributed by atoms with Gasteiger partial charge in [-0.3, -0.25) is 9.69 Å². The topological polar surface area (TPSA) is 47.6 Å². The third kappa shape index (κ3) is 8.65. The van der Waals surface area contributed by atoms with Gasteiger partial charge in [0.25, 0.3) is 0 Å². The van der Waals surface area contributed by atoms with Crippen LogP contribution in [0.3, 0.4) is 0 Å². The Kier molecular flexibility index (Phi) is 10.6. The van der Waals surface area contributed by atoms with Gasteiger partial charge in [-0.1, -0.05) is 12.1 Å². The highest BCUT2D eigenvalue weighted by Crippen LogP contribution is 2.37. The highest BCUT2D eigenvalue weighted by atomic mass is 19.4. The van der Waals surface area contributed by atoms with Gasteiger partial charge in [-0.15, -0.1) is 0 Å². The van der Waals surface area contributed by atoms with Gasteiger partial charge in [0.05, 0.1) is 11.1 Å². The molecule has 2 N–H and O–H groups in total. The maximum Gasteiger partial charge on any atom is 0.416 e. The van der Waals surface area contributed by atoms with E-state index in [4.69, 9.17) is 0 Å². The number of rotatable bonds is 4. The molecule has 2 aromatic carbocycles. The van der Waals surface area contributed by atoms with Gasteiger partial charge in [-0.2, -0.15) is 26.3 Å². The number of piperidine rings is 1. The fourth-order valence-corrected chi connectivity index (χ4v) is 4.98. The number of nitrogens with zero attached hydrogens (tertiary/aromatic N) is 2. The molecule has 0 saturated carbocycles. The number of halogens is 7. The molecule has 0 aliphatic carbocycles. The molecule has 222 valence electrons. The molecule has 3 atom stereocenters. The number of amides is 1. The van der Waals surface area contributed by atoms with E-state index in [1.807, 2.05) is 17.0 Å². The molecule has 2 fully saturated rings. The minimum Gasteiger partial charge on any atom is -0.340 e. The molecule has 2 heterocycles. The predicted molar refractivity (Wildman–Crippen MR) is 138 cm³/mol. The maximum absolute atomic E-state index is 13.1. The van der Waals surface area contributed by atoms with Crippen LogP contribution in [0, 0.1) is 5.82 Å². The molecule has 0 radical (unpaired) electrons. The number of piperazine rings is 1. The van der Waals surface area contributed by atoms with E-state index in [0.29, 0.717) is 12.1 Å². The molecule has 2 aromatic rings. The van der Waals surface area contributed by atoms with Crippen LogP contribution in [0.15, 0.2) is 42.5 Å². The van der Waals surface area contributed by atoms with Crippen molar-refractivity contribution in [1.29, 1.82) is 0 Å². The lowest BCUT2D eigenvalue weighted by atomic mass is 9.92. The van der Waals surface area contributed by atoms with Crippen LogP contribution in [0.4, 0.5) is 30.7 Å². The van der Waals surface area contributed by atoms with E-state index < -0.39 is 29.5 Å². The first-order valence-electron chi connectivity index (χ1n) is 13.1. The molecule has 1 amide bonds. The molecule has 4 rings (SSSR count). The first kappa shape index (κ1) is 31.8. The van der Waals surface area contributed by atoms with E-state index in [0.717, 1.165) is 63.3 Å². The summed E-state index contributed by atoms with van der Waals surface area (Å²) in [5.74, 6) is -0.00869. The Labute approximate surface area is 229 Å². The molecule has 2 aliphatic rings. The average molecular weight is 577 g/mol. The van der Waals surface area contributed by atoms with Gasteiger partial charge in [0.15, 0.2) is 0 Å². The minimum absolute atomic E-state index is 0.0559. The average Bonchev–Trinajstić information content (AvgIpc) is 2.92. The summed E-state index contributed by atoms with van der Waals surface area (Å²) in [6.07, 6.45) is -7.42. The maximum atomic E-state index is 13.1. The summed E-state index contributed by atoms with van der Waals surface area (Å²) in [5.41, 5.74) is -1.49. The second-order valence-electron chi connectivity index (χ2n) is 10.1. The van der Waals surface area contributed by atoms with Gasteiger partial charge >= 0.3 is 12.4 Å². The lowest BCUT2D eigenvalue weighted by molar-refractivity contribution is -0.143. The van der Waals surface area contributed by atoms with Crippen molar-refractivity contribution in [3.05, 3.63) is 70.5 Å². The summed E-state index contributed by atoms with van der Waals surface area (Å²) in [7, 11) is 1.46. The van der Waals surface area contributed by atoms with Crippen molar-refractivity contribution in [3.63, 3.8) is 0 Å². The molecule has 40 heavy (non-hydrogen) atoms. The quantitative estimate of drug-likeness (QED) is 0.453. The largest absolute Gasteiger partial charge is 0.416 e. The van der Waals surface area contributed by atoms with E-state index >= 15 is 0 Å². The lowest BCUT2D eigenvalue weighted by Gasteiger charge is -2.42. The Morgan fingerprint density at radius 3 is 1.98 bits per heavy atom. The highest BCUT2D eigenvalue weighted by Gasteiger charge is 2.37. The lowest BCUT2D eigenvalue weighted by Crippen LogP contribution is -2.54. The van der Waals surface area contributed by atoms with Crippen molar-refractivity contribution in [2.45, 2.75) is 57.2 Å². The predicted octanol–water partition coefficient (Wildman–Crippen LogP) is 5.79. The number of benzene rings is 2. The van der Waals surface area contributed by atoms with E-state index in [2.05, 4.69) is 15.5 Å². The molecule has 12 heteroatoms. The van der Waals surface area contributed by atoms with Crippen molar-refractivity contribution in [3.8, 4) is 0 Å². The molecule has 0 aromatic heterocycles.